The first kappa shape index (κ1) is 8.50. The molecule has 1 heterocycles. The molecule has 0 aliphatic carbocycles. The molecule has 13 heavy (non-hydrogen) atoms. The van der Waals surface area contributed by atoms with E-state index in [9.17, 15) is 9.59 Å². The summed E-state index contributed by atoms with van der Waals surface area (Å²) in [6.45, 7) is 2.13. The second-order valence-corrected chi connectivity index (χ2v) is 3.20. The summed E-state index contributed by atoms with van der Waals surface area (Å²) in [7, 11) is 0. The zero-order valence-corrected chi connectivity index (χ0v) is 7.62. The van der Waals surface area contributed by atoms with Crippen LogP contribution in [0, 0.1) is 0 Å². The Morgan fingerprint density at radius 3 is 2.92 bits per heavy atom. The number of hydrogen-bond acceptors (Lipinski definition) is 3. The van der Waals surface area contributed by atoms with Crippen LogP contribution in [-0.4, -0.2) is 30.4 Å². The van der Waals surface area contributed by atoms with Gasteiger partial charge in [0.05, 0.1) is 6.04 Å². The summed E-state index contributed by atoms with van der Waals surface area (Å²) in [4.78, 5) is 22.2. The second-order valence-electron chi connectivity index (χ2n) is 3.20. The van der Waals surface area contributed by atoms with Crippen molar-refractivity contribution < 1.29 is 11.0 Å². The van der Waals surface area contributed by atoms with Gasteiger partial charge < -0.3 is 16.4 Å². The first-order chi connectivity index (χ1) is 6.52. The summed E-state index contributed by atoms with van der Waals surface area (Å²) in [6.07, 6.45) is 1.51. The molecule has 2 atom stereocenters. The summed E-state index contributed by atoms with van der Waals surface area (Å²) < 4.78 is 7.43. The molecule has 1 aliphatic heterocycles. The summed E-state index contributed by atoms with van der Waals surface area (Å²) in [5.41, 5.74) is 5.00. The smallest absolute Gasteiger partial charge is 0.239 e. The van der Waals surface area contributed by atoms with Crippen molar-refractivity contribution in [2.75, 3.05) is 6.54 Å². The number of nitrogens with one attached hydrogen (secondary N) is 2. The van der Waals surface area contributed by atoms with E-state index >= 15 is 0 Å². The van der Waals surface area contributed by atoms with Gasteiger partial charge in [-0.3, -0.25) is 9.59 Å². The minimum atomic E-state index is -0.670. The molecular weight excluding hydrogens is 170 g/mol. The number of nitrogens with two attached hydrogens (primary N) is 1. The standard InChI is InChI=1S/C8H15N3O2/c1-5(7(9)12)11-8(13)6-3-2-4-10-6/h5-6,10H,2-4H2,1H3,(H2,9,12)(H,11,13)/t5-,6-/m0/s1/i/hD. The minimum Gasteiger partial charge on any atom is -0.368 e. The third kappa shape index (κ3) is 2.69. The predicted molar refractivity (Wildman–Crippen MR) is 47.8 cm³/mol. The van der Waals surface area contributed by atoms with Gasteiger partial charge in [0.15, 0.2) is 0 Å². The highest BCUT2D eigenvalue weighted by atomic mass is 16.2. The number of carbonyl (C=O) groups excluding carboxylic acids is 2. The normalized spacial score (nSPS) is 26.5. The number of rotatable bonds is 3. The average Bonchev–Trinajstić information content (AvgIpc) is 2.51. The first-order valence-electron chi connectivity index (χ1n) is 4.82. The maximum absolute atomic E-state index is 11.5. The lowest BCUT2D eigenvalue weighted by molar-refractivity contribution is -0.128. The molecule has 1 saturated heterocycles. The summed E-state index contributed by atoms with van der Waals surface area (Å²) in [5.74, 6) is -0.850. The quantitative estimate of drug-likeness (QED) is 0.513. The van der Waals surface area contributed by atoms with Crippen LogP contribution >= 0.6 is 0 Å². The van der Waals surface area contributed by atoms with Gasteiger partial charge in [0.1, 0.15) is 7.45 Å². The molecule has 1 aliphatic rings. The Hall–Kier alpha value is -1.10. The lowest BCUT2D eigenvalue weighted by Gasteiger charge is -2.14. The van der Waals surface area contributed by atoms with Crippen molar-refractivity contribution in [1.82, 2.24) is 10.6 Å². The van der Waals surface area contributed by atoms with Crippen LogP contribution in [0.4, 0.5) is 0 Å². The van der Waals surface area contributed by atoms with Gasteiger partial charge in [-0.1, -0.05) is 0 Å². The van der Waals surface area contributed by atoms with Gasteiger partial charge in [-0.15, -0.1) is 0 Å². The van der Waals surface area contributed by atoms with Gasteiger partial charge in [-0.25, -0.2) is 0 Å². The van der Waals surface area contributed by atoms with Crippen LogP contribution < -0.4 is 16.4 Å². The van der Waals surface area contributed by atoms with E-state index in [0.717, 1.165) is 6.42 Å². The van der Waals surface area contributed by atoms with Crippen LogP contribution in [0.5, 0.6) is 0 Å². The number of primary amides is 1. The molecule has 0 bridgehead atoms. The molecule has 74 valence electrons. The molecule has 0 radical (unpaired) electrons. The van der Waals surface area contributed by atoms with Crippen molar-refractivity contribution in [3.63, 3.8) is 0 Å². The summed E-state index contributed by atoms with van der Waals surface area (Å²) >= 11 is 0. The SMILES string of the molecule is [2H]N1CCC[C@H]1C(=O)N[C@@H](C)C(N)=O. The van der Waals surface area contributed by atoms with Gasteiger partial charge in [0.2, 0.25) is 11.8 Å². The maximum atomic E-state index is 11.5. The van der Waals surface area contributed by atoms with Crippen molar-refractivity contribution in [2.24, 2.45) is 5.73 Å². The van der Waals surface area contributed by atoms with Gasteiger partial charge in [0.25, 0.3) is 0 Å². The summed E-state index contributed by atoms with van der Waals surface area (Å²) in [5, 5.41) is 3.72. The number of amides is 2. The van der Waals surface area contributed by atoms with Crippen molar-refractivity contribution in [3.8, 4) is 0 Å². The number of hydrogen-bond donors (Lipinski definition) is 3. The Morgan fingerprint density at radius 2 is 2.46 bits per heavy atom. The van der Waals surface area contributed by atoms with Crippen LogP contribution in [0.1, 0.15) is 19.8 Å². The van der Waals surface area contributed by atoms with Gasteiger partial charge in [-0.2, -0.15) is 0 Å². The van der Waals surface area contributed by atoms with E-state index in [4.69, 9.17) is 7.15 Å². The Kier molecular flexibility index (Phi) is 2.76. The fourth-order valence-corrected chi connectivity index (χ4v) is 1.22. The first-order valence-corrected chi connectivity index (χ1v) is 4.37. The van der Waals surface area contributed by atoms with E-state index in [1.807, 2.05) is 0 Å². The molecule has 0 aromatic carbocycles. The third-order valence-electron chi connectivity index (χ3n) is 2.07. The van der Waals surface area contributed by atoms with Crippen molar-refractivity contribution in [2.45, 2.75) is 31.8 Å². The Balaban J connectivity index is 2.45. The van der Waals surface area contributed by atoms with Crippen LogP contribution in [0.3, 0.4) is 0 Å². The van der Waals surface area contributed by atoms with Crippen molar-refractivity contribution >= 4 is 11.8 Å². The van der Waals surface area contributed by atoms with Crippen LogP contribution in [0.25, 0.3) is 0 Å². The fourth-order valence-electron chi connectivity index (χ4n) is 1.22. The minimum absolute atomic E-state index is 0.288. The Morgan fingerprint density at radius 1 is 1.77 bits per heavy atom. The predicted octanol–water partition coefficient (Wildman–Crippen LogP) is -1.27. The van der Waals surface area contributed by atoms with E-state index in [-0.39, 0.29) is 5.91 Å². The molecule has 0 spiro atoms. The molecule has 0 aromatic rings. The maximum Gasteiger partial charge on any atom is 0.239 e. The van der Waals surface area contributed by atoms with Crippen LogP contribution in [0.2, 0.25) is 1.41 Å². The van der Waals surface area contributed by atoms with Crippen LogP contribution in [0.15, 0.2) is 0 Å². The second kappa shape index (κ2) is 4.23. The van der Waals surface area contributed by atoms with E-state index in [2.05, 4.69) is 5.32 Å². The van der Waals surface area contributed by atoms with Crippen molar-refractivity contribution in [1.29, 1.82) is 0 Å². The van der Waals surface area contributed by atoms with Gasteiger partial charge >= 0.3 is 0 Å². The topological polar surface area (TPSA) is 84.2 Å². The fraction of sp³-hybridized carbons (Fsp3) is 0.750. The molecule has 5 nitrogen and oxygen atoms in total. The highest BCUT2D eigenvalue weighted by Gasteiger charge is 2.23. The van der Waals surface area contributed by atoms with Gasteiger partial charge in [-0.05, 0) is 26.3 Å². The highest BCUT2D eigenvalue weighted by Crippen LogP contribution is 2.04. The van der Waals surface area contributed by atoms with E-state index in [1.165, 1.54) is 12.2 Å². The Labute approximate surface area is 78.5 Å². The molecular formula is C8H15N3O2. The van der Waals surface area contributed by atoms with Gasteiger partial charge in [0, 0.05) is 0 Å². The van der Waals surface area contributed by atoms with Crippen LogP contribution in [-0.2, 0) is 9.59 Å². The summed E-state index contributed by atoms with van der Waals surface area (Å²) in [6, 6.07) is -1.10. The molecule has 0 unspecified atom stereocenters. The van der Waals surface area contributed by atoms with Crippen molar-refractivity contribution in [3.05, 3.63) is 0 Å². The third-order valence-corrected chi connectivity index (χ3v) is 2.07. The number of carbonyl (C=O) groups is 2. The van der Waals surface area contributed by atoms with E-state index < -0.39 is 18.0 Å². The molecule has 0 saturated carbocycles. The van der Waals surface area contributed by atoms with E-state index in [1.54, 1.807) is 0 Å². The molecule has 4 N–H and O–H groups in total. The zero-order valence-electron chi connectivity index (χ0n) is 8.62. The monoisotopic (exact) mass is 186 g/mol. The largest absolute Gasteiger partial charge is 0.368 e. The molecule has 1 fully saturated rings. The zero-order chi connectivity index (χ0) is 10.7. The lowest BCUT2D eigenvalue weighted by Crippen LogP contribution is -2.48. The average molecular weight is 186 g/mol. The highest BCUT2D eigenvalue weighted by molar-refractivity contribution is 5.88. The molecule has 2 amide bonds. The molecule has 1 rings (SSSR count). The molecule has 0 aromatic heterocycles. The lowest BCUT2D eigenvalue weighted by atomic mass is 10.2. The Bertz CT molecular complexity index is 247. The van der Waals surface area contributed by atoms with E-state index in [0.29, 0.717) is 13.0 Å². The molecule has 5 heteroatoms.